The van der Waals surface area contributed by atoms with Gasteiger partial charge in [-0.1, -0.05) is 12.1 Å². The smallest absolute Gasteiger partial charge is 0.238 e. The molecular weight excluding hydrogens is 268 g/mol. The van der Waals surface area contributed by atoms with Crippen LogP contribution in [0.15, 0.2) is 42.7 Å². The predicted molar refractivity (Wildman–Crippen MR) is 81.1 cm³/mol. The summed E-state index contributed by atoms with van der Waals surface area (Å²) in [7, 11) is 1.63. The highest BCUT2D eigenvalue weighted by Crippen LogP contribution is 2.11. The Balaban J connectivity index is 1.84. The van der Waals surface area contributed by atoms with Gasteiger partial charge >= 0.3 is 0 Å². The molecule has 0 fully saturated rings. The Hall–Kier alpha value is -2.18. The van der Waals surface area contributed by atoms with Crippen molar-refractivity contribution in [2.45, 2.75) is 6.54 Å². The Bertz CT molecular complexity index is 555. The summed E-state index contributed by atoms with van der Waals surface area (Å²) < 4.78 is 6.75. The third kappa shape index (κ3) is 5.37. The lowest BCUT2D eigenvalue weighted by Gasteiger charge is -2.08. The number of aromatic nitrogens is 2. The van der Waals surface area contributed by atoms with Crippen molar-refractivity contribution in [3.8, 4) is 0 Å². The number of carbonyl (C=O) groups is 1. The van der Waals surface area contributed by atoms with Gasteiger partial charge in [0.25, 0.3) is 0 Å². The average Bonchev–Trinajstić information content (AvgIpc) is 2.97. The summed E-state index contributed by atoms with van der Waals surface area (Å²) in [4.78, 5) is 11.8. The van der Waals surface area contributed by atoms with Crippen molar-refractivity contribution in [1.82, 2.24) is 15.1 Å². The molecule has 2 rings (SSSR count). The second-order valence-electron chi connectivity index (χ2n) is 4.62. The minimum absolute atomic E-state index is 0.0673. The summed E-state index contributed by atoms with van der Waals surface area (Å²) in [5.74, 6) is -0.0673. The van der Waals surface area contributed by atoms with E-state index in [1.54, 1.807) is 13.3 Å². The van der Waals surface area contributed by atoms with Crippen molar-refractivity contribution in [1.29, 1.82) is 0 Å². The number of hydrogen-bond acceptors (Lipinski definition) is 4. The Morgan fingerprint density at radius 1 is 1.38 bits per heavy atom. The van der Waals surface area contributed by atoms with Gasteiger partial charge in [-0.25, -0.2) is 0 Å². The first-order valence-electron chi connectivity index (χ1n) is 6.84. The Kier molecular flexibility index (Phi) is 5.93. The van der Waals surface area contributed by atoms with Gasteiger partial charge in [0.05, 0.1) is 19.7 Å². The van der Waals surface area contributed by atoms with E-state index in [2.05, 4.69) is 15.7 Å². The molecule has 0 aliphatic carbocycles. The van der Waals surface area contributed by atoms with Crippen molar-refractivity contribution < 1.29 is 9.53 Å². The van der Waals surface area contributed by atoms with Crippen LogP contribution in [0.25, 0.3) is 0 Å². The van der Waals surface area contributed by atoms with Crippen molar-refractivity contribution in [3.63, 3.8) is 0 Å². The molecule has 0 aliphatic rings. The van der Waals surface area contributed by atoms with E-state index in [1.165, 1.54) is 0 Å². The van der Waals surface area contributed by atoms with Gasteiger partial charge in [0.1, 0.15) is 0 Å². The molecule has 112 valence electrons. The Morgan fingerprint density at radius 2 is 2.29 bits per heavy atom. The number of methoxy groups -OCH3 is 1. The molecule has 0 bridgehead atoms. The highest BCUT2D eigenvalue weighted by atomic mass is 16.5. The van der Waals surface area contributed by atoms with Crippen molar-refractivity contribution >= 4 is 11.6 Å². The van der Waals surface area contributed by atoms with E-state index in [9.17, 15) is 4.79 Å². The molecule has 0 spiro atoms. The first-order valence-corrected chi connectivity index (χ1v) is 6.84. The van der Waals surface area contributed by atoms with Gasteiger partial charge in [0.15, 0.2) is 0 Å². The summed E-state index contributed by atoms with van der Waals surface area (Å²) >= 11 is 0. The van der Waals surface area contributed by atoms with E-state index in [0.29, 0.717) is 19.7 Å². The SMILES string of the molecule is COCCNCC(=O)Nc1cccc(Cn2cccn2)c1. The maximum atomic E-state index is 11.8. The molecule has 0 radical (unpaired) electrons. The van der Waals surface area contributed by atoms with E-state index in [4.69, 9.17) is 4.74 Å². The second kappa shape index (κ2) is 8.18. The van der Waals surface area contributed by atoms with Crippen LogP contribution >= 0.6 is 0 Å². The van der Waals surface area contributed by atoms with Gasteiger partial charge < -0.3 is 15.4 Å². The lowest BCUT2D eigenvalue weighted by molar-refractivity contribution is -0.115. The highest BCUT2D eigenvalue weighted by molar-refractivity contribution is 5.92. The van der Waals surface area contributed by atoms with Crippen LogP contribution in [-0.4, -0.2) is 42.5 Å². The molecule has 0 atom stereocenters. The number of nitrogens with zero attached hydrogens (tertiary/aromatic N) is 2. The lowest BCUT2D eigenvalue weighted by atomic mass is 10.2. The summed E-state index contributed by atoms with van der Waals surface area (Å²) in [6.45, 7) is 2.20. The van der Waals surface area contributed by atoms with Gasteiger partial charge in [-0.15, -0.1) is 0 Å². The normalized spacial score (nSPS) is 10.5. The van der Waals surface area contributed by atoms with Crippen LogP contribution in [0.2, 0.25) is 0 Å². The van der Waals surface area contributed by atoms with Crippen LogP contribution in [0.3, 0.4) is 0 Å². The molecular formula is C15H20N4O2. The number of benzene rings is 1. The van der Waals surface area contributed by atoms with Crippen molar-refractivity contribution in [2.75, 3.05) is 32.1 Å². The standard InChI is InChI=1S/C15H20N4O2/c1-21-9-7-16-11-15(20)18-14-5-2-4-13(10-14)12-19-8-3-6-17-19/h2-6,8,10,16H,7,9,11-12H2,1H3,(H,18,20). The quantitative estimate of drug-likeness (QED) is 0.714. The predicted octanol–water partition coefficient (Wildman–Crippen LogP) is 1.11. The van der Waals surface area contributed by atoms with Crippen LogP contribution in [-0.2, 0) is 16.1 Å². The lowest BCUT2D eigenvalue weighted by Crippen LogP contribution is -2.30. The second-order valence-corrected chi connectivity index (χ2v) is 4.62. The van der Waals surface area contributed by atoms with Crippen molar-refractivity contribution in [2.24, 2.45) is 0 Å². The first kappa shape index (κ1) is 15.2. The third-order valence-electron chi connectivity index (χ3n) is 2.88. The van der Waals surface area contributed by atoms with Crippen LogP contribution in [0.4, 0.5) is 5.69 Å². The van der Waals surface area contributed by atoms with Gasteiger partial charge in [-0.05, 0) is 23.8 Å². The topological polar surface area (TPSA) is 68.2 Å². The third-order valence-corrected chi connectivity index (χ3v) is 2.88. The van der Waals surface area contributed by atoms with Gasteiger partial charge in [-0.2, -0.15) is 5.10 Å². The van der Waals surface area contributed by atoms with Crippen LogP contribution in [0.5, 0.6) is 0 Å². The van der Waals surface area contributed by atoms with Crippen molar-refractivity contribution in [3.05, 3.63) is 48.3 Å². The minimum atomic E-state index is -0.0673. The van der Waals surface area contributed by atoms with E-state index < -0.39 is 0 Å². The Labute approximate surface area is 124 Å². The largest absolute Gasteiger partial charge is 0.383 e. The zero-order chi connectivity index (χ0) is 14.9. The van der Waals surface area contributed by atoms with Gasteiger partial charge in [-0.3, -0.25) is 9.48 Å². The van der Waals surface area contributed by atoms with Gasteiger partial charge in [0.2, 0.25) is 5.91 Å². The monoisotopic (exact) mass is 288 g/mol. The minimum Gasteiger partial charge on any atom is -0.383 e. The summed E-state index contributed by atoms with van der Waals surface area (Å²) in [5, 5.41) is 10.0. The average molecular weight is 288 g/mol. The number of carbonyl (C=O) groups excluding carboxylic acids is 1. The summed E-state index contributed by atoms with van der Waals surface area (Å²) in [6, 6.07) is 9.65. The maximum absolute atomic E-state index is 11.8. The fourth-order valence-electron chi connectivity index (χ4n) is 1.91. The van der Waals surface area contributed by atoms with E-state index in [0.717, 1.165) is 11.3 Å². The molecule has 2 N–H and O–H groups in total. The van der Waals surface area contributed by atoms with Crippen LogP contribution < -0.4 is 10.6 Å². The number of anilines is 1. The number of nitrogens with one attached hydrogen (secondary N) is 2. The summed E-state index contributed by atoms with van der Waals surface area (Å²) in [5.41, 5.74) is 1.88. The molecule has 0 saturated heterocycles. The molecule has 1 amide bonds. The molecule has 0 saturated carbocycles. The number of rotatable bonds is 8. The fourth-order valence-corrected chi connectivity index (χ4v) is 1.91. The molecule has 1 aromatic heterocycles. The van der Waals surface area contributed by atoms with E-state index in [-0.39, 0.29) is 12.5 Å². The molecule has 1 heterocycles. The highest BCUT2D eigenvalue weighted by Gasteiger charge is 2.03. The maximum Gasteiger partial charge on any atom is 0.238 e. The molecule has 2 aromatic rings. The number of hydrogen-bond donors (Lipinski definition) is 2. The number of amides is 1. The van der Waals surface area contributed by atoms with Crippen LogP contribution in [0, 0.1) is 0 Å². The van der Waals surface area contributed by atoms with Gasteiger partial charge in [0, 0.05) is 31.7 Å². The molecule has 21 heavy (non-hydrogen) atoms. The van der Waals surface area contributed by atoms with E-state index in [1.807, 2.05) is 41.2 Å². The van der Waals surface area contributed by atoms with E-state index >= 15 is 0 Å². The zero-order valence-corrected chi connectivity index (χ0v) is 12.1. The molecule has 6 heteroatoms. The summed E-state index contributed by atoms with van der Waals surface area (Å²) in [6.07, 6.45) is 3.66. The van der Waals surface area contributed by atoms with Crippen LogP contribution in [0.1, 0.15) is 5.56 Å². The molecule has 6 nitrogen and oxygen atoms in total. The molecule has 0 aliphatic heterocycles. The first-order chi connectivity index (χ1) is 10.3. The zero-order valence-electron chi connectivity index (χ0n) is 12.1. The fraction of sp³-hybridized carbons (Fsp3) is 0.333. The molecule has 0 unspecified atom stereocenters. The Morgan fingerprint density at radius 3 is 3.05 bits per heavy atom. The number of ether oxygens (including phenoxy) is 1. The molecule has 1 aromatic carbocycles.